The zero-order valence-electron chi connectivity index (χ0n) is 15.0. The van der Waals surface area contributed by atoms with Crippen LogP contribution >= 0.6 is 0 Å². The molecule has 11 heteroatoms. The molecule has 0 saturated carbocycles. The molecule has 0 saturated heterocycles. The lowest BCUT2D eigenvalue weighted by atomic mass is 10.0. The zero-order valence-corrected chi connectivity index (χ0v) is 15.0. The van der Waals surface area contributed by atoms with Gasteiger partial charge in [0.25, 0.3) is 0 Å². The molecule has 1 aliphatic rings. The fourth-order valence-electron chi connectivity index (χ4n) is 3.11. The van der Waals surface area contributed by atoms with Crippen LogP contribution in [0, 0.1) is 10.1 Å². The maximum Gasteiger partial charge on any atom is 0.573 e. The van der Waals surface area contributed by atoms with Gasteiger partial charge in [-0.2, -0.15) is 0 Å². The Balaban J connectivity index is 1.68. The Hall–Kier alpha value is -2.82. The van der Waals surface area contributed by atoms with E-state index in [2.05, 4.69) is 15.0 Å². The maximum atomic E-state index is 12.3. The molecule has 0 spiro atoms. The standard InChI is InChI=1S/C17H19F3N4O4/c1-2-3-14(11-4-6-13(7-5-11)28-17(18,19)20)21-12-8-23-9-15(24(25)26)22-16(23)27-10-12/h4-7,9,12,14,21H,2-3,8,10H2,1H3/t12-,14?/m0/s1. The van der Waals surface area contributed by atoms with E-state index in [4.69, 9.17) is 4.74 Å². The molecule has 1 unspecified atom stereocenters. The van der Waals surface area contributed by atoms with Crippen molar-refractivity contribution >= 4 is 5.82 Å². The molecule has 1 N–H and O–H groups in total. The largest absolute Gasteiger partial charge is 0.573 e. The van der Waals surface area contributed by atoms with Gasteiger partial charge in [0.1, 0.15) is 18.6 Å². The molecule has 28 heavy (non-hydrogen) atoms. The molecule has 0 aliphatic carbocycles. The van der Waals surface area contributed by atoms with Crippen LogP contribution in [-0.2, 0) is 6.54 Å². The first-order chi connectivity index (χ1) is 13.2. The summed E-state index contributed by atoms with van der Waals surface area (Å²) in [6, 6.07) is 5.69. The zero-order chi connectivity index (χ0) is 20.3. The summed E-state index contributed by atoms with van der Waals surface area (Å²) in [5.74, 6) is -0.552. The second-order valence-electron chi connectivity index (χ2n) is 6.42. The van der Waals surface area contributed by atoms with Gasteiger partial charge in [0.2, 0.25) is 0 Å². The summed E-state index contributed by atoms with van der Waals surface area (Å²) in [4.78, 5) is 14.1. The van der Waals surface area contributed by atoms with E-state index in [9.17, 15) is 23.3 Å². The molecular weight excluding hydrogens is 381 g/mol. The summed E-state index contributed by atoms with van der Waals surface area (Å²) < 4.78 is 47.9. The Kier molecular flexibility index (Phi) is 5.73. The fraction of sp³-hybridized carbons (Fsp3) is 0.471. The number of ether oxygens (including phenoxy) is 2. The molecule has 2 heterocycles. The third-order valence-electron chi connectivity index (χ3n) is 4.28. The van der Waals surface area contributed by atoms with Crippen molar-refractivity contribution in [3.05, 3.63) is 46.1 Å². The number of alkyl halides is 3. The van der Waals surface area contributed by atoms with Crippen molar-refractivity contribution in [3.8, 4) is 11.8 Å². The van der Waals surface area contributed by atoms with Gasteiger partial charge in [-0.3, -0.25) is 4.57 Å². The van der Waals surface area contributed by atoms with Gasteiger partial charge in [-0.25, -0.2) is 0 Å². The van der Waals surface area contributed by atoms with Crippen LogP contribution in [0.5, 0.6) is 11.8 Å². The monoisotopic (exact) mass is 400 g/mol. The third-order valence-corrected chi connectivity index (χ3v) is 4.28. The van der Waals surface area contributed by atoms with Gasteiger partial charge in [0.05, 0.1) is 6.04 Å². The second-order valence-corrected chi connectivity index (χ2v) is 6.42. The molecule has 2 aromatic rings. The number of nitrogens with zero attached hydrogens (tertiary/aromatic N) is 3. The van der Waals surface area contributed by atoms with Crippen LogP contribution in [0.4, 0.5) is 19.0 Å². The minimum absolute atomic E-state index is 0.112. The van der Waals surface area contributed by atoms with E-state index in [1.807, 2.05) is 6.92 Å². The summed E-state index contributed by atoms with van der Waals surface area (Å²) >= 11 is 0. The Labute approximate surface area is 158 Å². The van der Waals surface area contributed by atoms with Crippen LogP contribution in [0.3, 0.4) is 0 Å². The highest BCUT2D eigenvalue weighted by atomic mass is 19.4. The van der Waals surface area contributed by atoms with Crippen LogP contribution in [-0.4, -0.2) is 33.5 Å². The van der Waals surface area contributed by atoms with Gasteiger partial charge in [0, 0.05) is 17.6 Å². The minimum Gasteiger partial charge on any atom is -0.444 e. The fourth-order valence-corrected chi connectivity index (χ4v) is 3.11. The molecule has 0 bridgehead atoms. The van der Waals surface area contributed by atoms with E-state index >= 15 is 0 Å². The van der Waals surface area contributed by atoms with Gasteiger partial charge in [-0.05, 0) is 29.0 Å². The highest BCUT2D eigenvalue weighted by Gasteiger charge is 2.31. The summed E-state index contributed by atoms with van der Waals surface area (Å²) in [5, 5.41) is 14.3. The maximum absolute atomic E-state index is 12.3. The molecular formula is C17H19F3N4O4. The lowest BCUT2D eigenvalue weighted by Gasteiger charge is -2.28. The van der Waals surface area contributed by atoms with Gasteiger partial charge in [-0.15, -0.1) is 13.2 Å². The number of nitro groups is 1. The smallest absolute Gasteiger partial charge is 0.444 e. The van der Waals surface area contributed by atoms with E-state index in [1.165, 1.54) is 18.3 Å². The van der Waals surface area contributed by atoms with Gasteiger partial charge in [-0.1, -0.05) is 25.5 Å². The molecule has 1 aromatic heterocycles. The highest BCUT2D eigenvalue weighted by Crippen LogP contribution is 2.27. The van der Waals surface area contributed by atoms with Gasteiger partial charge < -0.3 is 24.9 Å². The molecule has 2 atom stereocenters. The SMILES string of the molecule is CCCC(N[C@@H]1COc2nc([N+](=O)[O-])cn2C1)c1ccc(OC(F)(F)F)cc1. The first-order valence-electron chi connectivity index (χ1n) is 8.71. The summed E-state index contributed by atoms with van der Waals surface area (Å²) in [7, 11) is 0. The van der Waals surface area contributed by atoms with Crippen molar-refractivity contribution in [3.63, 3.8) is 0 Å². The number of halogens is 3. The number of hydrogen-bond acceptors (Lipinski definition) is 6. The minimum atomic E-state index is -4.73. The lowest BCUT2D eigenvalue weighted by molar-refractivity contribution is -0.389. The molecule has 3 rings (SSSR count). The van der Waals surface area contributed by atoms with Crippen molar-refractivity contribution in [2.24, 2.45) is 0 Å². The van der Waals surface area contributed by atoms with Crippen molar-refractivity contribution < 1.29 is 27.6 Å². The highest BCUT2D eigenvalue weighted by molar-refractivity contribution is 5.29. The summed E-state index contributed by atoms with van der Waals surface area (Å²) in [5.41, 5.74) is 0.818. The number of rotatable bonds is 7. The summed E-state index contributed by atoms with van der Waals surface area (Å²) in [6.07, 6.45) is -1.80. The first-order valence-corrected chi connectivity index (χ1v) is 8.71. The number of benzene rings is 1. The van der Waals surface area contributed by atoms with Crippen molar-refractivity contribution in [2.45, 2.75) is 44.8 Å². The van der Waals surface area contributed by atoms with Gasteiger partial charge in [0.15, 0.2) is 0 Å². The normalized spacial score (nSPS) is 17.5. The average Bonchev–Trinajstić information content (AvgIpc) is 3.04. The summed E-state index contributed by atoms with van der Waals surface area (Å²) in [6.45, 7) is 2.72. The van der Waals surface area contributed by atoms with Crippen LogP contribution in [0.2, 0.25) is 0 Å². The Bertz CT molecular complexity index is 823. The number of aromatic nitrogens is 2. The van der Waals surface area contributed by atoms with Crippen LogP contribution in [0.1, 0.15) is 31.4 Å². The molecule has 1 aromatic carbocycles. The predicted molar refractivity (Wildman–Crippen MR) is 92.1 cm³/mol. The molecule has 0 amide bonds. The number of nitrogens with one attached hydrogen (secondary N) is 1. The van der Waals surface area contributed by atoms with Crippen molar-refractivity contribution in [2.75, 3.05) is 6.61 Å². The molecule has 1 aliphatic heterocycles. The Morgan fingerprint density at radius 1 is 1.43 bits per heavy atom. The first kappa shape index (κ1) is 19.9. The number of hydrogen-bond donors (Lipinski definition) is 1. The van der Waals surface area contributed by atoms with E-state index in [-0.39, 0.29) is 36.3 Å². The van der Waals surface area contributed by atoms with E-state index in [1.54, 1.807) is 16.7 Å². The van der Waals surface area contributed by atoms with E-state index in [0.29, 0.717) is 6.54 Å². The van der Waals surface area contributed by atoms with Crippen molar-refractivity contribution in [1.82, 2.24) is 14.9 Å². The predicted octanol–water partition coefficient (Wildman–Crippen LogP) is 3.58. The van der Waals surface area contributed by atoms with Crippen LogP contribution in [0.25, 0.3) is 0 Å². The van der Waals surface area contributed by atoms with Crippen LogP contribution in [0.15, 0.2) is 30.5 Å². The Morgan fingerprint density at radius 3 is 2.75 bits per heavy atom. The number of fused-ring (bicyclic) bond motifs is 1. The third kappa shape index (κ3) is 4.91. The van der Waals surface area contributed by atoms with E-state index < -0.39 is 11.3 Å². The second kappa shape index (κ2) is 8.05. The van der Waals surface area contributed by atoms with Crippen LogP contribution < -0.4 is 14.8 Å². The van der Waals surface area contributed by atoms with Crippen molar-refractivity contribution in [1.29, 1.82) is 0 Å². The quantitative estimate of drug-likeness (QED) is 0.564. The molecule has 0 radical (unpaired) electrons. The Morgan fingerprint density at radius 2 is 2.14 bits per heavy atom. The molecule has 152 valence electrons. The lowest BCUT2D eigenvalue weighted by Crippen LogP contribution is -2.43. The molecule has 8 nitrogen and oxygen atoms in total. The topological polar surface area (TPSA) is 91.5 Å². The average molecular weight is 400 g/mol. The van der Waals surface area contributed by atoms with E-state index in [0.717, 1.165) is 18.4 Å². The molecule has 0 fully saturated rings. The van der Waals surface area contributed by atoms with Gasteiger partial charge >= 0.3 is 18.2 Å². The number of imidazole rings is 1.